The molecule has 0 unspecified atom stereocenters. The molecular weight excluding hydrogens is 176 g/mol. The Morgan fingerprint density at radius 3 is 2.15 bits per heavy atom. The molecule has 0 aromatic rings. The smallest absolute Gasteiger partial charge is 0.206 e. The van der Waals surface area contributed by atoms with Crippen LogP contribution >= 0.6 is 0 Å². The third-order valence-electron chi connectivity index (χ3n) is 2.15. The van der Waals surface area contributed by atoms with Gasteiger partial charge in [0, 0.05) is 14.2 Å². The molecule has 0 aliphatic heterocycles. The molecule has 0 aromatic heterocycles. The van der Waals surface area contributed by atoms with E-state index in [4.69, 9.17) is 14.6 Å². The Hall–Kier alpha value is -1.07. The van der Waals surface area contributed by atoms with Crippen LogP contribution in [0.1, 0.15) is 12.8 Å². The molecule has 0 fully saturated rings. The fourth-order valence-electron chi connectivity index (χ4n) is 1.26. The van der Waals surface area contributed by atoms with Gasteiger partial charge in [0.05, 0.1) is 12.8 Å². The van der Waals surface area contributed by atoms with Crippen molar-refractivity contribution in [1.82, 2.24) is 0 Å². The molecule has 74 valence electrons. The van der Waals surface area contributed by atoms with Crippen LogP contribution in [-0.2, 0) is 14.3 Å². The summed E-state index contributed by atoms with van der Waals surface area (Å²) >= 11 is 0. The van der Waals surface area contributed by atoms with Crippen molar-refractivity contribution >= 4 is 5.78 Å². The molecule has 1 aliphatic rings. The molecule has 1 aliphatic carbocycles. The van der Waals surface area contributed by atoms with Crippen molar-refractivity contribution in [3.8, 4) is 0 Å². The van der Waals surface area contributed by atoms with Gasteiger partial charge < -0.3 is 19.7 Å². The van der Waals surface area contributed by atoms with Crippen LogP contribution in [-0.4, -0.2) is 36.0 Å². The molecule has 0 amide bonds. The molecule has 0 saturated heterocycles. The first-order valence-corrected chi connectivity index (χ1v) is 3.79. The van der Waals surface area contributed by atoms with E-state index in [0.717, 1.165) is 0 Å². The van der Waals surface area contributed by atoms with Crippen molar-refractivity contribution in [3.63, 3.8) is 0 Å². The van der Waals surface area contributed by atoms with E-state index < -0.39 is 17.3 Å². The van der Waals surface area contributed by atoms with E-state index in [1.54, 1.807) is 0 Å². The van der Waals surface area contributed by atoms with Crippen molar-refractivity contribution < 1.29 is 24.5 Å². The first-order valence-electron chi connectivity index (χ1n) is 3.79. The Bertz CT molecular complexity index is 251. The minimum atomic E-state index is -1.13. The second-order valence-corrected chi connectivity index (χ2v) is 2.89. The first kappa shape index (κ1) is 10.0. The maximum absolute atomic E-state index is 11.1. The monoisotopic (exact) mass is 188 g/mol. The molecule has 0 radical (unpaired) electrons. The van der Waals surface area contributed by atoms with Crippen molar-refractivity contribution in [2.45, 2.75) is 18.6 Å². The molecule has 13 heavy (non-hydrogen) atoms. The summed E-state index contributed by atoms with van der Waals surface area (Å²) in [4.78, 5) is 11.1. The molecule has 0 heterocycles. The number of ketones is 1. The number of hydrogen-bond donors (Lipinski definition) is 2. The quantitative estimate of drug-likeness (QED) is 0.623. The van der Waals surface area contributed by atoms with Gasteiger partial charge in [0.25, 0.3) is 0 Å². The van der Waals surface area contributed by atoms with Gasteiger partial charge in [-0.3, -0.25) is 4.79 Å². The van der Waals surface area contributed by atoms with Crippen LogP contribution in [0.5, 0.6) is 0 Å². The lowest BCUT2D eigenvalue weighted by atomic mass is 9.96. The number of methoxy groups -OCH3 is 2. The average Bonchev–Trinajstić information content (AvgIpc) is 2.13. The lowest BCUT2D eigenvalue weighted by Crippen LogP contribution is -2.40. The van der Waals surface area contributed by atoms with Crippen LogP contribution in [0.15, 0.2) is 11.5 Å². The lowest BCUT2D eigenvalue weighted by Gasteiger charge is -2.32. The molecule has 2 N–H and O–H groups in total. The van der Waals surface area contributed by atoms with E-state index in [0.29, 0.717) is 0 Å². The highest BCUT2D eigenvalue weighted by molar-refractivity contribution is 5.95. The first-order chi connectivity index (χ1) is 6.04. The number of carbonyl (C=O) groups is 1. The lowest BCUT2D eigenvalue weighted by molar-refractivity contribution is -0.215. The average molecular weight is 188 g/mol. The van der Waals surface area contributed by atoms with E-state index in [-0.39, 0.29) is 18.6 Å². The molecule has 0 bridgehead atoms. The van der Waals surface area contributed by atoms with Gasteiger partial charge in [0.2, 0.25) is 5.78 Å². The van der Waals surface area contributed by atoms with Gasteiger partial charge in [0.1, 0.15) is 5.76 Å². The maximum atomic E-state index is 11.1. The summed E-state index contributed by atoms with van der Waals surface area (Å²) in [5, 5.41) is 18.2. The number of Topliss-reactive ketones (excluding diaryl/α,β-unsaturated/α-hetero) is 1. The second kappa shape index (κ2) is 3.35. The Kier molecular flexibility index (Phi) is 2.58. The molecule has 0 aromatic carbocycles. The maximum Gasteiger partial charge on any atom is 0.206 e. The SMILES string of the molecule is COC1(OC)CC(=O)C(O)=C(O)C1. The molecule has 0 atom stereocenters. The van der Waals surface area contributed by atoms with E-state index in [1.807, 2.05) is 0 Å². The minimum Gasteiger partial charge on any atom is -0.508 e. The predicted octanol–water partition coefficient (Wildman–Crippen LogP) is 0.666. The fourth-order valence-corrected chi connectivity index (χ4v) is 1.26. The summed E-state index contributed by atoms with van der Waals surface area (Å²) in [7, 11) is 2.76. The highest BCUT2D eigenvalue weighted by atomic mass is 16.7. The standard InChI is InChI=1S/C8H12O5/c1-12-8(13-2)3-5(9)7(11)6(10)4-8/h9,11H,3-4H2,1-2H3. The van der Waals surface area contributed by atoms with Gasteiger partial charge in [-0.1, -0.05) is 0 Å². The Labute approximate surface area is 75.6 Å². The number of aliphatic hydroxyl groups is 2. The van der Waals surface area contributed by atoms with Gasteiger partial charge in [-0.05, 0) is 0 Å². The van der Waals surface area contributed by atoms with E-state index in [2.05, 4.69) is 0 Å². The number of ether oxygens (including phenoxy) is 2. The fraction of sp³-hybridized carbons (Fsp3) is 0.625. The third-order valence-corrected chi connectivity index (χ3v) is 2.15. The Morgan fingerprint density at radius 1 is 1.23 bits per heavy atom. The van der Waals surface area contributed by atoms with Crippen LogP contribution in [0.2, 0.25) is 0 Å². The number of rotatable bonds is 2. The number of allylic oxidation sites excluding steroid dienone is 1. The summed E-state index contributed by atoms with van der Waals surface area (Å²) in [6, 6.07) is 0. The molecule has 0 spiro atoms. The highest BCUT2D eigenvalue weighted by Gasteiger charge is 2.40. The molecule has 0 saturated carbocycles. The molecular formula is C8H12O5. The Morgan fingerprint density at radius 2 is 1.77 bits per heavy atom. The van der Waals surface area contributed by atoms with Crippen LogP contribution < -0.4 is 0 Å². The topological polar surface area (TPSA) is 76.0 Å². The summed E-state index contributed by atoms with van der Waals surface area (Å²) in [5.74, 6) is -2.69. The van der Waals surface area contributed by atoms with Gasteiger partial charge in [0.15, 0.2) is 11.5 Å². The molecule has 5 heteroatoms. The summed E-state index contributed by atoms with van der Waals surface area (Å²) in [6.07, 6.45) is -0.104. The summed E-state index contributed by atoms with van der Waals surface area (Å²) in [5.41, 5.74) is 0. The van der Waals surface area contributed by atoms with E-state index in [9.17, 15) is 9.90 Å². The minimum absolute atomic E-state index is 0.0163. The zero-order valence-electron chi connectivity index (χ0n) is 7.53. The van der Waals surface area contributed by atoms with E-state index >= 15 is 0 Å². The third kappa shape index (κ3) is 1.66. The number of hydrogen-bond acceptors (Lipinski definition) is 5. The highest BCUT2D eigenvalue weighted by Crippen LogP contribution is 2.31. The van der Waals surface area contributed by atoms with Gasteiger partial charge >= 0.3 is 0 Å². The Balaban J connectivity index is 2.95. The summed E-state index contributed by atoms with van der Waals surface area (Å²) < 4.78 is 9.94. The molecule has 5 nitrogen and oxygen atoms in total. The largest absolute Gasteiger partial charge is 0.508 e. The van der Waals surface area contributed by atoms with Crippen LogP contribution in [0, 0.1) is 0 Å². The number of carbonyl (C=O) groups excluding carboxylic acids is 1. The predicted molar refractivity (Wildman–Crippen MR) is 43.3 cm³/mol. The molecule has 1 rings (SSSR count). The zero-order valence-corrected chi connectivity index (χ0v) is 7.53. The van der Waals surface area contributed by atoms with E-state index in [1.165, 1.54) is 14.2 Å². The van der Waals surface area contributed by atoms with Gasteiger partial charge in [-0.15, -0.1) is 0 Å². The summed E-state index contributed by atoms with van der Waals surface area (Å²) in [6.45, 7) is 0. The van der Waals surface area contributed by atoms with Crippen molar-refractivity contribution in [2.75, 3.05) is 14.2 Å². The van der Waals surface area contributed by atoms with Crippen molar-refractivity contribution in [1.29, 1.82) is 0 Å². The normalized spacial score (nSPS) is 22.2. The van der Waals surface area contributed by atoms with Crippen molar-refractivity contribution in [2.24, 2.45) is 0 Å². The van der Waals surface area contributed by atoms with Crippen LogP contribution in [0.25, 0.3) is 0 Å². The van der Waals surface area contributed by atoms with Gasteiger partial charge in [-0.2, -0.15) is 0 Å². The number of aliphatic hydroxyl groups excluding tert-OH is 2. The van der Waals surface area contributed by atoms with Crippen LogP contribution in [0.3, 0.4) is 0 Å². The zero-order chi connectivity index (χ0) is 10.1. The van der Waals surface area contributed by atoms with Gasteiger partial charge in [-0.25, -0.2) is 0 Å². The second-order valence-electron chi connectivity index (χ2n) is 2.89. The van der Waals surface area contributed by atoms with Crippen molar-refractivity contribution in [3.05, 3.63) is 11.5 Å². The van der Waals surface area contributed by atoms with Crippen LogP contribution in [0.4, 0.5) is 0 Å².